The number of carbonyl (C=O) groups excluding carboxylic acids is 1. The molecule has 2 aliphatic rings. The lowest BCUT2D eigenvalue weighted by Gasteiger charge is -2.21. The molecule has 138 valence electrons. The van der Waals surface area contributed by atoms with Gasteiger partial charge in [-0.05, 0) is 38.0 Å². The van der Waals surface area contributed by atoms with Crippen LogP contribution in [0.1, 0.15) is 40.8 Å². The summed E-state index contributed by atoms with van der Waals surface area (Å²) in [5.41, 5.74) is 1.84. The molecule has 1 aromatic carbocycles. The summed E-state index contributed by atoms with van der Waals surface area (Å²) < 4.78 is 21.5. The quantitative estimate of drug-likeness (QED) is 0.701. The highest BCUT2D eigenvalue weighted by Crippen LogP contribution is 2.37. The Morgan fingerprint density at radius 2 is 2.00 bits per heavy atom. The molecule has 5 rings (SSSR count). The van der Waals surface area contributed by atoms with Gasteiger partial charge in [-0.2, -0.15) is 0 Å². The summed E-state index contributed by atoms with van der Waals surface area (Å²) in [6, 6.07) is 8.87. The number of aromatic nitrogens is 2. The van der Waals surface area contributed by atoms with Crippen LogP contribution in [0.4, 0.5) is 0 Å². The first kappa shape index (κ1) is 15.9. The van der Waals surface area contributed by atoms with Crippen LogP contribution < -0.4 is 9.47 Å². The van der Waals surface area contributed by atoms with Crippen molar-refractivity contribution in [2.75, 3.05) is 13.3 Å². The molecule has 0 bridgehead atoms. The summed E-state index contributed by atoms with van der Waals surface area (Å²) in [4.78, 5) is 14.7. The fourth-order valence-corrected chi connectivity index (χ4v) is 3.55. The second-order valence-corrected chi connectivity index (χ2v) is 6.67. The monoisotopic (exact) mass is 367 g/mol. The van der Waals surface area contributed by atoms with Crippen LogP contribution in [0.25, 0.3) is 11.3 Å². The first-order chi connectivity index (χ1) is 13.2. The third-order valence-corrected chi connectivity index (χ3v) is 4.87. The van der Waals surface area contributed by atoms with E-state index < -0.39 is 0 Å². The predicted octanol–water partition coefficient (Wildman–Crippen LogP) is 3.34. The maximum Gasteiger partial charge on any atom is 0.276 e. The number of hydrogen-bond donors (Lipinski definition) is 0. The zero-order valence-corrected chi connectivity index (χ0v) is 14.7. The standard InChI is InChI=1S/C19H17N3O5/c1-11-7-17(27-20-11)14-3-2-6-22(14)19(23)13-9-16(26-21-13)12-4-5-15-18(8-12)25-10-24-15/h4-5,7-9,14H,2-3,6,10H2,1H3. The van der Waals surface area contributed by atoms with Crippen LogP contribution in [0.15, 0.2) is 39.4 Å². The number of aryl methyl sites for hydroxylation is 1. The Morgan fingerprint density at radius 3 is 2.85 bits per heavy atom. The summed E-state index contributed by atoms with van der Waals surface area (Å²) in [5, 5.41) is 7.91. The van der Waals surface area contributed by atoms with Crippen molar-refractivity contribution in [3.05, 3.63) is 47.5 Å². The number of likely N-dealkylation sites (tertiary alicyclic amines) is 1. The Bertz CT molecular complexity index is 1010. The molecule has 3 aromatic rings. The Labute approximate surface area is 154 Å². The predicted molar refractivity (Wildman–Crippen MR) is 92.3 cm³/mol. The first-order valence-corrected chi connectivity index (χ1v) is 8.80. The molecular weight excluding hydrogens is 350 g/mol. The van der Waals surface area contributed by atoms with E-state index in [0.717, 1.165) is 24.1 Å². The Kier molecular flexibility index (Phi) is 3.63. The van der Waals surface area contributed by atoms with Crippen molar-refractivity contribution in [3.63, 3.8) is 0 Å². The van der Waals surface area contributed by atoms with E-state index in [9.17, 15) is 4.79 Å². The highest BCUT2D eigenvalue weighted by atomic mass is 16.7. The zero-order chi connectivity index (χ0) is 18.4. The van der Waals surface area contributed by atoms with Crippen LogP contribution in [0, 0.1) is 6.92 Å². The van der Waals surface area contributed by atoms with E-state index in [1.54, 1.807) is 11.0 Å². The molecular formula is C19H17N3O5. The van der Waals surface area contributed by atoms with Crippen LogP contribution in [0.2, 0.25) is 0 Å². The van der Waals surface area contributed by atoms with Crippen molar-refractivity contribution >= 4 is 5.91 Å². The number of benzene rings is 1. The number of carbonyl (C=O) groups is 1. The molecule has 0 aliphatic carbocycles. The number of nitrogens with zero attached hydrogens (tertiary/aromatic N) is 3. The Hall–Kier alpha value is -3.29. The highest BCUT2D eigenvalue weighted by molar-refractivity contribution is 5.93. The lowest BCUT2D eigenvalue weighted by atomic mass is 10.1. The minimum absolute atomic E-state index is 0.121. The van der Waals surface area contributed by atoms with Crippen molar-refractivity contribution in [1.29, 1.82) is 0 Å². The summed E-state index contributed by atoms with van der Waals surface area (Å²) in [6.07, 6.45) is 1.75. The van der Waals surface area contributed by atoms with Gasteiger partial charge in [0.1, 0.15) is 0 Å². The van der Waals surface area contributed by atoms with Crippen LogP contribution in [0.5, 0.6) is 11.5 Å². The average Bonchev–Trinajstić information content (AvgIpc) is 3.45. The van der Waals surface area contributed by atoms with Crippen molar-refractivity contribution in [3.8, 4) is 22.8 Å². The van der Waals surface area contributed by atoms with Gasteiger partial charge >= 0.3 is 0 Å². The van der Waals surface area contributed by atoms with Crippen LogP contribution in [0.3, 0.4) is 0 Å². The van der Waals surface area contributed by atoms with Crippen LogP contribution in [-0.2, 0) is 0 Å². The molecule has 0 N–H and O–H groups in total. The molecule has 1 unspecified atom stereocenters. The number of amides is 1. The van der Waals surface area contributed by atoms with Gasteiger partial charge in [0.2, 0.25) is 6.79 Å². The smallest absolute Gasteiger partial charge is 0.276 e. The van der Waals surface area contributed by atoms with Crippen molar-refractivity contribution in [2.45, 2.75) is 25.8 Å². The lowest BCUT2D eigenvalue weighted by Crippen LogP contribution is -2.30. The first-order valence-electron chi connectivity index (χ1n) is 8.80. The maximum atomic E-state index is 13.0. The molecule has 1 saturated heterocycles. The molecule has 2 aromatic heterocycles. The van der Waals surface area contributed by atoms with Gasteiger partial charge in [-0.3, -0.25) is 4.79 Å². The van der Waals surface area contributed by atoms with E-state index >= 15 is 0 Å². The van der Waals surface area contributed by atoms with Gasteiger partial charge < -0.3 is 23.4 Å². The van der Waals surface area contributed by atoms with Crippen molar-refractivity contribution in [2.24, 2.45) is 0 Å². The third kappa shape index (κ3) is 2.73. The number of fused-ring (bicyclic) bond motifs is 1. The van der Waals surface area contributed by atoms with Gasteiger partial charge in [-0.1, -0.05) is 10.3 Å². The van der Waals surface area contributed by atoms with Gasteiger partial charge in [0.25, 0.3) is 5.91 Å². The topological polar surface area (TPSA) is 90.8 Å². The largest absolute Gasteiger partial charge is 0.454 e. The fraction of sp³-hybridized carbons (Fsp3) is 0.316. The summed E-state index contributed by atoms with van der Waals surface area (Å²) in [5.74, 6) is 2.37. The molecule has 4 heterocycles. The molecule has 8 nitrogen and oxygen atoms in total. The Balaban J connectivity index is 1.40. The van der Waals surface area contributed by atoms with E-state index in [-0.39, 0.29) is 24.4 Å². The van der Waals surface area contributed by atoms with Crippen LogP contribution in [-0.4, -0.2) is 34.5 Å². The van der Waals surface area contributed by atoms with E-state index in [4.69, 9.17) is 18.5 Å². The number of ether oxygens (including phenoxy) is 2. The molecule has 2 aliphatic heterocycles. The van der Waals surface area contributed by atoms with Gasteiger partial charge in [0.05, 0.1) is 11.7 Å². The minimum Gasteiger partial charge on any atom is -0.454 e. The van der Waals surface area contributed by atoms with E-state index in [1.807, 2.05) is 31.2 Å². The van der Waals surface area contributed by atoms with E-state index in [0.29, 0.717) is 29.6 Å². The second kappa shape index (κ2) is 6.15. The van der Waals surface area contributed by atoms with Crippen molar-refractivity contribution < 1.29 is 23.3 Å². The van der Waals surface area contributed by atoms with Crippen molar-refractivity contribution in [1.82, 2.24) is 15.2 Å². The minimum atomic E-state index is -0.178. The van der Waals surface area contributed by atoms with Gasteiger partial charge in [0.15, 0.2) is 28.7 Å². The second-order valence-electron chi connectivity index (χ2n) is 6.67. The lowest BCUT2D eigenvalue weighted by molar-refractivity contribution is 0.0704. The molecule has 0 radical (unpaired) electrons. The summed E-state index contributed by atoms with van der Waals surface area (Å²) in [6.45, 7) is 2.72. The Morgan fingerprint density at radius 1 is 1.11 bits per heavy atom. The molecule has 1 atom stereocenters. The zero-order valence-electron chi connectivity index (χ0n) is 14.7. The molecule has 8 heteroatoms. The highest BCUT2D eigenvalue weighted by Gasteiger charge is 2.34. The molecule has 0 saturated carbocycles. The summed E-state index contributed by atoms with van der Waals surface area (Å²) >= 11 is 0. The van der Waals surface area contributed by atoms with E-state index in [2.05, 4.69) is 10.3 Å². The number of hydrogen-bond acceptors (Lipinski definition) is 7. The van der Waals surface area contributed by atoms with Gasteiger partial charge in [-0.15, -0.1) is 0 Å². The third-order valence-electron chi connectivity index (χ3n) is 4.87. The van der Waals surface area contributed by atoms with Gasteiger partial charge in [0, 0.05) is 24.2 Å². The van der Waals surface area contributed by atoms with Crippen LogP contribution >= 0.6 is 0 Å². The average molecular weight is 367 g/mol. The van der Waals surface area contributed by atoms with Gasteiger partial charge in [-0.25, -0.2) is 0 Å². The molecule has 0 spiro atoms. The normalized spacial score (nSPS) is 18.3. The fourth-order valence-electron chi connectivity index (χ4n) is 3.55. The maximum absolute atomic E-state index is 13.0. The molecule has 1 amide bonds. The number of rotatable bonds is 3. The molecule has 27 heavy (non-hydrogen) atoms. The summed E-state index contributed by atoms with van der Waals surface area (Å²) in [7, 11) is 0. The van der Waals surface area contributed by atoms with E-state index in [1.165, 1.54) is 0 Å². The SMILES string of the molecule is Cc1cc(C2CCCN2C(=O)c2cc(-c3ccc4c(c3)OCO4)on2)on1. The molecule has 1 fully saturated rings.